The molecular weight excluding hydrogens is 246 g/mol. The third-order valence-electron chi connectivity index (χ3n) is 6.17. The lowest BCUT2D eigenvalue weighted by Crippen LogP contribution is -2.45. The highest BCUT2D eigenvalue weighted by molar-refractivity contribution is 5.01. The van der Waals surface area contributed by atoms with E-state index in [0.29, 0.717) is 6.54 Å². The minimum absolute atomic E-state index is 0.441. The number of imidazole rings is 1. The summed E-state index contributed by atoms with van der Waals surface area (Å²) < 4.78 is 2.01. The third-order valence-corrected chi connectivity index (χ3v) is 6.17. The van der Waals surface area contributed by atoms with E-state index in [0.717, 1.165) is 41.8 Å². The maximum atomic E-state index is 8.85. The van der Waals surface area contributed by atoms with E-state index in [1.165, 1.54) is 38.5 Å². The average molecular weight is 269 g/mol. The van der Waals surface area contributed by atoms with Gasteiger partial charge in [-0.3, -0.25) is 0 Å². The molecule has 0 unspecified atom stereocenters. The SMILES string of the molecule is N#CCn1ccnc1CCC1C2CC3CC(C2)CC1C3. The normalized spacial score (nSPS) is 38.0. The van der Waals surface area contributed by atoms with E-state index in [2.05, 4.69) is 11.1 Å². The maximum Gasteiger partial charge on any atom is 0.111 e. The van der Waals surface area contributed by atoms with E-state index in [9.17, 15) is 0 Å². The number of nitriles is 1. The summed E-state index contributed by atoms with van der Waals surface area (Å²) in [6, 6.07) is 2.22. The van der Waals surface area contributed by atoms with Crippen molar-refractivity contribution in [3.63, 3.8) is 0 Å². The number of rotatable bonds is 4. The van der Waals surface area contributed by atoms with Crippen LogP contribution in [0.4, 0.5) is 0 Å². The Morgan fingerprint density at radius 3 is 2.50 bits per heavy atom. The van der Waals surface area contributed by atoms with E-state index in [1.54, 1.807) is 0 Å². The van der Waals surface area contributed by atoms with Crippen LogP contribution in [0, 0.1) is 40.9 Å². The van der Waals surface area contributed by atoms with Gasteiger partial charge in [-0.2, -0.15) is 5.26 Å². The molecule has 0 N–H and O–H groups in total. The van der Waals surface area contributed by atoms with E-state index >= 15 is 0 Å². The Bertz CT molecular complexity index is 497. The molecule has 20 heavy (non-hydrogen) atoms. The zero-order valence-corrected chi connectivity index (χ0v) is 12.0. The Balaban J connectivity index is 1.42. The van der Waals surface area contributed by atoms with Crippen LogP contribution in [0.15, 0.2) is 12.4 Å². The van der Waals surface area contributed by atoms with Crippen LogP contribution in [0.3, 0.4) is 0 Å². The van der Waals surface area contributed by atoms with Crippen molar-refractivity contribution in [2.24, 2.45) is 29.6 Å². The van der Waals surface area contributed by atoms with Crippen LogP contribution in [-0.4, -0.2) is 9.55 Å². The Morgan fingerprint density at radius 2 is 1.85 bits per heavy atom. The first-order chi connectivity index (χ1) is 9.83. The molecular formula is C17H23N3. The molecule has 1 heterocycles. The van der Waals surface area contributed by atoms with Gasteiger partial charge in [-0.25, -0.2) is 4.98 Å². The molecule has 4 fully saturated rings. The van der Waals surface area contributed by atoms with Gasteiger partial charge in [0.2, 0.25) is 0 Å². The fourth-order valence-electron chi connectivity index (χ4n) is 5.59. The molecule has 1 aromatic heterocycles. The predicted molar refractivity (Wildman–Crippen MR) is 76.7 cm³/mol. The van der Waals surface area contributed by atoms with Crippen molar-refractivity contribution in [3.8, 4) is 6.07 Å². The van der Waals surface area contributed by atoms with Crippen molar-refractivity contribution >= 4 is 0 Å². The van der Waals surface area contributed by atoms with Gasteiger partial charge in [0, 0.05) is 18.8 Å². The van der Waals surface area contributed by atoms with Crippen molar-refractivity contribution < 1.29 is 0 Å². The molecule has 0 radical (unpaired) electrons. The van der Waals surface area contributed by atoms with Crippen molar-refractivity contribution in [3.05, 3.63) is 18.2 Å². The highest BCUT2D eigenvalue weighted by Crippen LogP contribution is 2.57. The summed E-state index contributed by atoms with van der Waals surface area (Å²) in [5.74, 6) is 6.19. The average Bonchev–Trinajstić information content (AvgIpc) is 2.85. The molecule has 4 aliphatic carbocycles. The number of nitrogens with zero attached hydrogens (tertiary/aromatic N) is 3. The summed E-state index contributed by atoms with van der Waals surface area (Å²) in [6.07, 6.45) is 13.7. The van der Waals surface area contributed by atoms with Gasteiger partial charge in [-0.05, 0) is 68.1 Å². The summed E-state index contributed by atoms with van der Waals surface area (Å²) in [5, 5.41) is 8.85. The van der Waals surface area contributed by atoms with Gasteiger partial charge in [0.05, 0.1) is 6.07 Å². The second kappa shape index (κ2) is 4.91. The molecule has 4 bridgehead atoms. The molecule has 3 nitrogen and oxygen atoms in total. The van der Waals surface area contributed by atoms with Crippen molar-refractivity contribution in [2.45, 2.75) is 51.5 Å². The molecule has 0 aromatic carbocycles. The van der Waals surface area contributed by atoms with Crippen molar-refractivity contribution in [2.75, 3.05) is 0 Å². The molecule has 1 aromatic rings. The summed E-state index contributed by atoms with van der Waals surface area (Å²) in [5.41, 5.74) is 0. The molecule has 0 spiro atoms. The van der Waals surface area contributed by atoms with Crippen LogP contribution in [0.25, 0.3) is 0 Å². The molecule has 3 heteroatoms. The monoisotopic (exact) mass is 269 g/mol. The van der Waals surface area contributed by atoms with Crippen LogP contribution in [-0.2, 0) is 13.0 Å². The van der Waals surface area contributed by atoms with Crippen LogP contribution < -0.4 is 0 Å². The molecule has 5 rings (SSSR count). The topological polar surface area (TPSA) is 41.6 Å². The Kier molecular flexibility index (Phi) is 3.06. The third kappa shape index (κ3) is 2.06. The van der Waals surface area contributed by atoms with Gasteiger partial charge >= 0.3 is 0 Å². The van der Waals surface area contributed by atoms with Crippen molar-refractivity contribution in [1.82, 2.24) is 9.55 Å². The lowest BCUT2D eigenvalue weighted by molar-refractivity contribution is -0.0396. The van der Waals surface area contributed by atoms with Gasteiger partial charge in [-0.1, -0.05) is 0 Å². The standard InChI is InChI=1S/C17H23N3/c18-3-5-20-6-4-19-17(20)2-1-16-14-8-12-7-13(10-14)11-15(16)9-12/h4,6,12-16H,1-2,5,7-11H2. The van der Waals surface area contributed by atoms with Gasteiger partial charge < -0.3 is 4.57 Å². The Morgan fingerprint density at radius 1 is 1.15 bits per heavy atom. The molecule has 4 aliphatic rings. The van der Waals surface area contributed by atoms with Gasteiger partial charge in [0.25, 0.3) is 0 Å². The van der Waals surface area contributed by atoms with Crippen LogP contribution in [0.5, 0.6) is 0 Å². The predicted octanol–water partition coefficient (Wildman–Crippen LogP) is 3.41. The van der Waals surface area contributed by atoms with Gasteiger partial charge in [0.15, 0.2) is 0 Å². The van der Waals surface area contributed by atoms with Gasteiger partial charge in [-0.15, -0.1) is 0 Å². The number of hydrogen-bond donors (Lipinski definition) is 0. The smallest absolute Gasteiger partial charge is 0.111 e. The van der Waals surface area contributed by atoms with E-state index in [4.69, 9.17) is 5.26 Å². The molecule has 4 saturated carbocycles. The largest absolute Gasteiger partial charge is 0.321 e. The first-order valence-electron chi connectivity index (χ1n) is 8.20. The summed E-state index contributed by atoms with van der Waals surface area (Å²) in [6.45, 7) is 0.441. The maximum absolute atomic E-state index is 8.85. The zero-order chi connectivity index (χ0) is 13.5. The number of aryl methyl sites for hydroxylation is 1. The number of aromatic nitrogens is 2. The minimum Gasteiger partial charge on any atom is -0.321 e. The van der Waals surface area contributed by atoms with E-state index in [1.807, 2.05) is 17.0 Å². The minimum atomic E-state index is 0.441. The molecule has 0 atom stereocenters. The van der Waals surface area contributed by atoms with E-state index < -0.39 is 0 Å². The molecule has 0 aliphatic heterocycles. The summed E-state index contributed by atoms with van der Waals surface area (Å²) in [4.78, 5) is 4.45. The number of hydrogen-bond acceptors (Lipinski definition) is 2. The lowest BCUT2D eigenvalue weighted by Gasteiger charge is -2.54. The summed E-state index contributed by atoms with van der Waals surface area (Å²) in [7, 11) is 0. The first-order valence-corrected chi connectivity index (χ1v) is 8.20. The second-order valence-electron chi connectivity index (χ2n) is 7.26. The fraction of sp³-hybridized carbons (Fsp3) is 0.765. The van der Waals surface area contributed by atoms with Crippen LogP contribution >= 0.6 is 0 Å². The molecule has 0 amide bonds. The van der Waals surface area contributed by atoms with Crippen LogP contribution in [0.1, 0.15) is 44.3 Å². The fourth-order valence-corrected chi connectivity index (χ4v) is 5.59. The highest BCUT2D eigenvalue weighted by atomic mass is 15.1. The highest BCUT2D eigenvalue weighted by Gasteiger charge is 2.47. The summed E-state index contributed by atoms with van der Waals surface area (Å²) >= 11 is 0. The second-order valence-corrected chi connectivity index (χ2v) is 7.26. The first kappa shape index (κ1) is 12.4. The van der Waals surface area contributed by atoms with E-state index in [-0.39, 0.29) is 0 Å². The molecule has 0 saturated heterocycles. The van der Waals surface area contributed by atoms with Crippen molar-refractivity contribution in [1.29, 1.82) is 5.26 Å². The van der Waals surface area contributed by atoms with Crippen LogP contribution in [0.2, 0.25) is 0 Å². The zero-order valence-electron chi connectivity index (χ0n) is 12.0. The lowest BCUT2D eigenvalue weighted by atomic mass is 9.51. The molecule has 106 valence electrons. The quantitative estimate of drug-likeness (QED) is 0.840. The Labute approximate surface area is 121 Å². The van der Waals surface area contributed by atoms with Gasteiger partial charge in [0.1, 0.15) is 12.4 Å². The Hall–Kier alpha value is -1.30.